The molecule has 6 nitrogen and oxygen atoms in total. The van der Waals surface area contributed by atoms with Crippen LogP contribution in [0.4, 0.5) is 0 Å². The number of nitrogens with two attached hydrogens (primary N) is 2. The van der Waals surface area contributed by atoms with Crippen molar-refractivity contribution in [3.63, 3.8) is 0 Å². The molecule has 1 aromatic carbocycles. The molecule has 1 rings (SSSR count). The Hall–Kier alpha value is -2.15. The van der Waals surface area contributed by atoms with E-state index in [4.69, 9.17) is 11.5 Å². The number of hydrogen-bond acceptors (Lipinski definition) is 3. The third-order valence-electron chi connectivity index (χ3n) is 3.23. The molecule has 0 saturated carbocycles. The SMILES string of the molecule is CCCC=Cc1cc(CC)c(C(=O)N=C(N)N)cc1S(C)(=O)=O. The molecule has 126 valence electrons. The minimum absolute atomic E-state index is 0.0937. The third kappa shape index (κ3) is 5.21. The molecule has 7 heteroatoms. The van der Waals surface area contributed by atoms with Crippen molar-refractivity contribution in [2.24, 2.45) is 16.5 Å². The highest BCUT2D eigenvalue weighted by Crippen LogP contribution is 2.24. The number of carbonyl (C=O) groups excluding carboxylic acids is 1. The molecule has 0 aliphatic rings. The summed E-state index contributed by atoms with van der Waals surface area (Å²) in [5.74, 6) is -0.999. The number of aliphatic imine (C=N–C) groups is 1. The number of guanidine groups is 1. The summed E-state index contributed by atoms with van der Waals surface area (Å²) in [7, 11) is -3.49. The van der Waals surface area contributed by atoms with Crippen LogP contribution in [0.25, 0.3) is 6.08 Å². The lowest BCUT2D eigenvalue weighted by Gasteiger charge is -2.11. The van der Waals surface area contributed by atoms with Crippen molar-refractivity contribution in [1.29, 1.82) is 0 Å². The number of rotatable bonds is 6. The van der Waals surface area contributed by atoms with Crippen LogP contribution in [-0.2, 0) is 16.3 Å². The predicted molar refractivity (Wildman–Crippen MR) is 93.0 cm³/mol. The van der Waals surface area contributed by atoms with Crippen LogP contribution in [0.5, 0.6) is 0 Å². The van der Waals surface area contributed by atoms with Crippen molar-refractivity contribution < 1.29 is 13.2 Å². The number of allylic oxidation sites excluding steroid dienone is 1. The zero-order valence-electron chi connectivity index (χ0n) is 13.7. The Kier molecular flexibility index (Phi) is 6.50. The fourth-order valence-electron chi connectivity index (χ4n) is 2.14. The molecule has 4 N–H and O–H groups in total. The quantitative estimate of drug-likeness (QED) is 0.607. The van der Waals surface area contributed by atoms with E-state index in [1.807, 2.05) is 19.9 Å². The average Bonchev–Trinajstić information content (AvgIpc) is 2.44. The van der Waals surface area contributed by atoms with Gasteiger partial charge in [0.2, 0.25) is 0 Å². The van der Waals surface area contributed by atoms with E-state index in [9.17, 15) is 13.2 Å². The minimum Gasteiger partial charge on any atom is -0.370 e. The van der Waals surface area contributed by atoms with Crippen LogP contribution in [-0.4, -0.2) is 26.5 Å². The van der Waals surface area contributed by atoms with Gasteiger partial charge in [-0.1, -0.05) is 32.4 Å². The maximum atomic E-state index is 12.1. The first-order valence-electron chi connectivity index (χ1n) is 7.38. The van der Waals surface area contributed by atoms with E-state index in [1.54, 1.807) is 12.1 Å². The number of carbonyl (C=O) groups is 1. The molecular formula is C16H23N3O3S. The summed E-state index contributed by atoms with van der Waals surface area (Å²) in [5.41, 5.74) is 11.9. The van der Waals surface area contributed by atoms with Gasteiger partial charge in [0, 0.05) is 11.8 Å². The lowest BCUT2D eigenvalue weighted by Crippen LogP contribution is -2.24. The van der Waals surface area contributed by atoms with Gasteiger partial charge >= 0.3 is 0 Å². The standard InChI is InChI=1S/C16H23N3O3S/c1-4-6-7-8-12-9-11(5-2)13(15(20)19-16(17)18)10-14(12)23(3,21)22/h7-10H,4-6H2,1-3H3,(H4,17,18,19,20). The second-order valence-electron chi connectivity index (χ2n) is 5.21. The van der Waals surface area contributed by atoms with Crippen LogP contribution in [0.3, 0.4) is 0 Å². The molecule has 0 heterocycles. The van der Waals surface area contributed by atoms with Crippen LogP contribution in [0.1, 0.15) is 48.2 Å². The summed E-state index contributed by atoms with van der Waals surface area (Å²) in [4.78, 5) is 15.7. The number of unbranched alkanes of at least 4 members (excludes halogenated alkanes) is 1. The molecule has 0 saturated heterocycles. The largest absolute Gasteiger partial charge is 0.370 e. The molecule has 0 unspecified atom stereocenters. The van der Waals surface area contributed by atoms with E-state index in [0.717, 1.165) is 19.1 Å². The molecule has 0 radical (unpaired) electrons. The molecule has 0 aliphatic carbocycles. The Balaban J connectivity index is 3.57. The van der Waals surface area contributed by atoms with Crippen molar-refractivity contribution in [2.75, 3.05) is 6.26 Å². The van der Waals surface area contributed by atoms with Crippen LogP contribution < -0.4 is 11.5 Å². The Morgan fingerprint density at radius 3 is 2.39 bits per heavy atom. The number of nitrogens with zero attached hydrogens (tertiary/aromatic N) is 1. The van der Waals surface area contributed by atoms with E-state index < -0.39 is 15.7 Å². The van der Waals surface area contributed by atoms with Crippen molar-refractivity contribution in [3.05, 3.63) is 34.9 Å². The van der Waals surface area contributed by atoms with Crippen LogP contribution in [0.2, 0.25) is 0 Å². The first kappa shape index (κ1) is 18.9. The molecule has 23 heavy (non-hydrogen) atoms. The van der Waals surface area contributed by atoms with E-state index in [2.05, 4.69) is 4.99 Å². The molecule has 0 aromatic heterocycles. The predicted octanol–water partition coefficient (Wildman–Crippen LogP) is 1.88. The minimum atomic E-state index is -3.49. The molecule has 0 fully saturated rings. The molecule has 0 bridgehead atoms. The second kappa shape index (κ2) is 7.92. The summed E-state index contributed by atoms with van der Waals surface area (Å²) in [5, 5.41) is 0. The molecule has 0 atom stereocenters. The van der Waals surface area contributed by atoms with Crippen molar-refractivity contribution in [3.8, 4) is 0 Å². The van der Waals surface area contributed by atoms with Crippen molar-refractivity contribution in [2.45, 2.75) is 38.0 Å². The number of aryl methyl sites for hydroxylation is 1. The number of amides is 1. The lowest BCUT2D eigenvalue weighted by atomic mass is 10.0. The fraction of sp³-hybridized carbons (Fsp3) is 0.375. The summed E-state index contributed by atoms with van der Waals surface area (Å²) in [6, 6.07) is 3.06. The normalized spacial score (nSPS) is 11.6. The lowest BCUT2D eigenvalue weighted by molar-refractivity contribution is 0.100. The average molecular weight is 337 g/mol. The number of hydrogen-bond donors (Lipinski definition) is 2. The Labute approximate surface area is 137 Å². The first-order chi connectivity index (χ1) is 10.7. The highest BCUT2D eigenvalue weighted by molar-refractivity contribution is 7.90. The van der Waals surface area contributed by atoms with Gasteiger partial charge in [0.1, 0.15) is 0 Å². The highest BCUT2D eigenvalue weighted by Gasteiger charge is 2.19. The van der Waals surface area contributed by atoms with Crippen LogP contribution in [0.15, 0.2) is 28.1 Å². The maximum Gasteiger partial charge on any atom is 0.280 e. The third-order valence-corrected chi connectivity index (χ3v) is 4.38. The van der Waals surface area contributed by atoms with Crippen molar-refractivity contribution in [1.82, 2.24) is 0 Å². The molecule has 0 spiro atoms. The fourth-order valence-corrected chi connectivity index (χ4v) is 3.03. The summed E-state index contributed by atoms with van der Waals surface area (Å²) < 4.78 is 24.1. The van der Waals surface area contributed by atoms with Gasteiger partial charge in [-0.05, 0) is 36.1 Å². The van der Waals surface area contributed by atoms with Gasteiger partial charge in [-0.3, -0.25) is 4.79 Å². The van der Waals surface area contributed by atoms with Gasteiger partial charge in [-0.2, -0.15) is 4.99 Å². The van der Waals surface area contributed by atoms with E-state index in [1.165, 1.54) is 6.07 Å². The molecular weight excluding hydrogens is 314 g/mol. The van der Waals surface area contributed by atoms with Crippen LogP contribution >= 0.6 is 0 Å². The van der Waals surface area contributed by atoms with Gasteiger partial charge in [0.05, 0.1) is 4.90 Å². The topological polar surface area (TPSA) is 116 Å². The van der Waals surface area contributed by atoms with Gasteiger partial charge in [-0.15, -0.1) is 0 Å². The highest BCUT2D eigenvalue weighted by atomic mass is 32.2. The molecule has 1 amide bonds. The van der Waals surface area contributed by atoms with Gasteiger partial charge in [0.25, 0.3) is 5.91 Å². The number of benzene rings is 1. The molecule has 1 aromatic rings. The maximum absolute atomic E-state index is 12.1. The molecule has 0 aliphatic heterocycles. The van der Waals surface area contributed by atoms with Gasteiger partial charge < -0.3 is 11.5 Å². The van der Waals surface area contributed by atoms with E-state index in [-0.39, 0.29) is 16.4 Å². The summed E-state index contributed by atoms with van der Waals surface area (Å²) >= 11 is 0. The van der Waals surface area contributed by atoms with Crippen molar-refractivity contribution >= 4 is 27.8 Å². The number of sulfone groups is 1. The zero-order valence-corrected chi connectivity index (χ0v) is 14.5. The Morgan fingerprint density at radius 2 is 1.91 bits per heavy atom. The first-order valence-corrected chi connectivity index (χ1v) is 9.27. The Morgan fingerprint density at radius 1 is 1.26 bits per heavy atom. The summed E-state index contributed by atoms with van der Waals surface area (Å²) in [6.45, 7) is 3.91. The Bertz CT molecular complexity index is 746. The van der Waals surface area contributed by atoms with Gasteiger partial charge in [0.15, 0.2) is 15.8 Å². The van der Waals surface area contributed by atoms with Crippen LogP contribution in [0, 0.1) is 0 Å². The zero-order chi connectivity index (χ0) is 17.6. The monoisotopic (exact) mass is 337 g/mol. The van der Waals surface area contributed by atoms with Gasteiger partial charge in [-0.25, -0.2) is 8.42 Å². The van der Waals surface area contributed by atoms with E-state index >= 15 is 0 Å². The summed E-state index contributed by atoms with van der Waals surface area (Å²) in [6.07, 6.45) is 7.17. The van der Waals surface area contributed by atoms with E-state index in [0.29, 0.717) is 17.5 Å². The smallest absolute Gasteiger partial charge is 0.280 e. The second-order valence-corrected chi connectivity index (χ2v) is 7.19.